The maximum atomic E-state index is 12.5. The number of aryl methyl sites for hydroxylation is 1. The fourth-order valence-electron chi connectivity index (χ4n) is 3.66. The third kappa shape index (κ3) is 4.54. The zero-order valence-electron chi connectivity index (χ0n) is 17.9. The number of hydrogen-bond acceptors (Lipinski definition) is 6. The Balaban J connectivity index is 1.39. The lowest BCUT2D eigenvalue weighted by atomic mass is 10.1. The highest BCUT2D eigenvalue weighted by Crippen LogP contribution is 2.25. The Morgan fingerprint density at radius 1 is 1.16 bits per heavy atom. The van der Waals surface area contributed by atoms with Gasteiger partial charge in [-0.2, -0.15) is 0 Å². The topological polar surface area (TPSA) is 97.8 Å². The van der Waals surface area contributed by atoms with E-state index in [0.29, 0.717) is 41.2 Å². The van der Waals surface area contributed by atoms with Crippen LogP contribution in [0.5, 0.6) is 5.75 Å². The Morgan fingerprint density at radius 2 is 2.00 bits per heavy atom. The van der Waals surface area contributed by atoms with Crippen molar-refractivity contribution in [2.75, 3.05) is 30.5 Å². The van der Waals surface area contributed by atoms with E-state index < -0.39 is 18.5 Å². The van der Waals surface area contributed by atoms with Crippen LogP contribution in [0.2, 0.25) is 0 Å². The number of carbonyl (C=O) groups is 3. The zero-order chi connectivity index (χ0) is 22.7. The molecule has 2 amide bonds. The summed E-state index contributed by atoms with van der Waals surface area (Å²) in [5, 5.41) is 3.47. The third-order valence-electron chi connectivity index (χ3n) is 5.28. The van der Waals surface area contributed by atoms with Gasteiger partial charge in [-0.05, 0) is 49.7 Å². The number of carbonyl (C=O) groups excluding carboxylic acids is 3. The molecule has 164 valence electrons. The van der Waals surface area contributed by atoms with Crippen LogP contribution in [0, 0.1) is 6.92 Å². The second kappa shape index (κ2) is 9.05. The molecule has 2 heterocycles. The first-order valence-corrected chi connectivity index (χ1v) is 10.3. The van der Waals surface area contributed by atoms with Crippen molar-refractivity contribution in [1.82, 2.24) is 4.98 Å². The number of aromatic nitrogens is 1. The molecule has 0 saturated carbocycles. The smallest absolute Gasteiger partial charge is 0.340 e. The van der Waals surface area contributed by atoms with Crippen LogP contribution in [0.1, 0.15) is 28.9 Å². The van der Waals surface area contributed by atoms with Crippen LogP contribution in [0.25, 0.3) is 10.9 Å². The molecule has 1 N–H and O–H groups in total. The van der Waals surface area contributed by atoms with Crippen LogP contribution in [-0.2, 0) is 14.3 Å². The average Bonchev–Trinajstić information content (AvgIpc) is 3.22. The van der Waals surface area contributed by atoms with Gasteiger partial charge in [-0.3, -0.25) is 14.6 Å². The molecule has 1 aliphatic heterocycles. The van der Waals surface area contributed by atoms with Gasteiger partial charge in [-0.15, -0.1) is 0 Å². The molecule has 3 aromatic rings. The van der Waals surface area contributed by atoms with E-state index in [-0.39, 0.29) is 5.91 Å². The number of amides is 2. The third-order valence-corrected chi connectivity index (χ3v) is 5.28. The highest BCUT2D eigenvalue weighted by atomic mass is 16.5. The quantitative estimate of drug-likeness (QED) is 0.598. The standard InChI is InChI=1S/C24H23N3O5/c1-15-20(11-16-8-9-19(31-2)13-21(16)25-15)24(30)32-14-22(28)26-17-5-3-6-18(12-17)27-10-4-7-23(27)29/h3,5-6,8-9,11-13H,4,7,10,14H2,1-2H3,(H,26,28). The van der Waals surface area contributed by atoms with Gasteiger partial charge in [0, 0.05) is 35.8 Å². The van der Waals surface area contributed by atoms with Crippen molar-refractivity contribution in [1.29, 1.82) is 0 Å². The largest absolute Gasteiger partial charge is 0.497 e. The van der Waals surface area contributed by atoms with Crippen LogP contribution in [0.4, 0.5) is 11.4 Å². The zero-order valence-corrected chi connectivity index (χ0v) is 17.9. The summed E-state index contributed by atoms with van der Waals surface area (Å²) in [5.41, 5.74) is 2.76. The number of ether oxygens (including phenoxy) is 2. The van der Waals surface area contributed by atoms with Crippen LogP contribution >= 0.6 is 0 Å². The summed E-state index contributed by atoms with van der Waals surface area (Å²) in [6.07, 6.45) is 1.35. The molecule has 1 saturated heterocycles. The van der Waals surface area contributed by atoms with Gasteiger partial charge in [0.2, 0.25) is 5.91 Å². The van der Waals surface area contributed by atoms with Gasteiger partial charge < -0.3 is 19.7 Å². The lowest BCUT2D eigenvalue weighted by Crippen LogP contribution is -2.24. The molecule has 1 fully saturated rings. The monoisotopic (exact) mass is 433 g/mol. The summed E-state index contributed by atoms with van der Waals surface area (Å²) >= 11 is 0. The molecule has 32 heavy (non-hydrogen) atoms. The number of fused-ring (bicyclic) bond motifs is 1. The molecule has 2 aromatic carbocycles. The summed E-state index contributed by atoms with van der Waals surface area (Å²) in [5.74, 6) is -0.353. The van der Waals surface area contributed by atoms with E-state index >= 15 is 0 Å². The Kier molecular flexibility index (Phi) is 6.02. The van der Waals surface area contributed by atoms with Crippen molar-refractivity contribution >= 4 is 40.1 Å². The number of benzene rings is 2. The van der Waals surface area contributed by atoms with Crippen LogP contribution in [0.3, 0.4) is 0 Å². The lowest BCUT2D eigenvalue weighted by Gasteiger charge is -2.16. The Bertz CT molecular complexity index is 1210. The van der Waals surface area contributed by atoms with E-state index in [9.17, 15) is 14.4 Å². The van der Waals surface area contributed by atoms with Crippen molar-refractivity contribution in [3.8, 4) is 5.75 Å². The molecule has 1 aromatic heterocycles. The molecule has 0 spiro atoms. The molecule has 0 radical (unpaired) electrons. The number of nitrogens with zero attached hydrogens (tertiary/aromatic N) is 2. The van der Waals surface area contributed by atoms with Gasteiger partial charge in [-0.1, -0.05) is 6.07 Å². The van der Waals surface area contributed by atoms with Crippen LogP contribution < -0.4 is 15.0 Å². The van der Waals surface area contributed by atoms with E-state index in [1.54, 1.807) is 55.3 Å². The normalized spacial score (nSPS) is 13.3. The van der Waals surface area contributed by atoms with Gasteiger partial charge in [-0.25, -0.2) is 4.79 Å². The maximum absolute atomic E-state index is 12.5. The van der Waals surface area contributed by atoms with E-state index in [1.165, 1.54) is 0 Å². The number of rotatable bonds is 6. The first-order valence-electron chi connectivity index (χ1n) is 10.3. The molecule has 0 bridgehead atoms. The van der Waals surface area contributed by atoms with Gasteiger partial charge in [0.05, 0.1) is 23.9 Å². The predicted octanol–water partition coefficient (Wildman–Crippen LogP) is 3.47. The molecule has 1 aliphatic rings. The van der Waals surface area contributed by atoms with E-state index in [4.69, 9.17) is 9.47 Å². The Labute approximate surface area is 185 Å². The van der Waals surface area contributed by atoms with E-state index in [2.05, 4.69) is 10.3 Å². The SMILES string of the molecule is COc1ccc2cc(C(=O)OCC(=O)Nc3cccc(N4CCCC4=O)c3)c(C)nc2c1. The van der Waals surface area contributed by atoms with Gasteiger partial charge in [0.25, 0.3) is 5.91 Å². The Morgan fingerprint density at radius 3 is 2.75 bits per heavy atom. The number of nitrogens with one attached hydrogen (secondary N) is 1. The summed E-state index contributed by atoms with van der Waals surface area (Å²) in [7, 11) is 1.58. The van der Waals surface area contributed by atoms with Crippen molar-refractivity contribution in [3.63, 3.8) is 0 Å². The summed E-state index contributed by atoms with van der Waals surface area (Å²) in [6.45, 7) is 1.94. The van der Waals surface area contributed by atoms with Crippen LogP contribution in [0.15, 0.2) is 48.5 Å². The summed E-state index contributed by atoms with van der Waals surface area (Å²) < 4.78 is 10.4. The summed E-state index contributed by atoms with van der Waals surface area (Å²) in [4.78, 5) is 42.9. The summed E-state index contributed by atoms with van der Waals surface area (Å²) in [6, 6.07) is 14.1. The first-order chi connectivity index (χ1) is 15.4. The highest BCUT2D eigenvalue weighted by molar-refractivity contribution is 5.99. The van der Waals surface area contributed by atoms with Gasteiger partial charge in [0.1, 0.15) is 5.75 Å². The molecule has 0 unspecified atom stereocenters. The van der Waals surface area contributed by atoms with Gasteiger partial charge in [0.15, 0.2) is 6.61 Å². The number of hydrogen-bond donors (Lipinski definition) is 1. The average molecular weight is 433 g/mol. The Hall–Kier alpha value is -3.94. The second-order valence-corrected chi connectivity index (χ2v) is 7.50. The molecule has 0 atom stereocenters. The number of methoxy groups -OCH3 is 1. The lowest BCUT2D eigenvalue weighted by molar-refractivity contribution is -0.119. The minimum absolute atomic E-state index is 0.0696. The number of anilines is 2. The minimum atomic E-state index is -0.626. The van der Waals surface area contributed by atoms with Crippen molar-refractivity contribution in [2.24, 2.45) is 0 Å². The van der Waals surface area contributed by atoms with Crippen molar-refractivity contribution in [2.45, 2.75) is 19.8 Å². The molecule has 8 heteroatoms. The maximum Gasteiger partial charge on any atom is 0.340 e. The van der Waals surface area contributed by atoms with Crippen molar-refractivity contribution < 1.29 is 23.9 Å². The molecule has 0 aliphatic carbocycles. The van der Waals surface area contributed by atoms with E-state index in [0.717, 1.165) is 17.5 Å². The molecule has 8 nitrogen and oxygen atoms in total. The fourth-order valence-corrected chi connectivity index (χ4v) is 3.66. The number of pyridine rings is 1. The predicted molar refractivity (Wildman–Crippen MR) is 120 cm³/mol. The minimum Gasteiger partial charge on any atom is -0.497 e. The highest BCUT2D eigenvalue weighted by Gasteiger charge is 2.22. The molecular formula is C24H23N3O5. The van der Waals surface area contributed by atoms with Crippen LogP contribution in [-0.4, -0.2) is 43.0 Å². The van der Waals surface area contributed by atoms with E-state index in [1.807, 2.05) is 12.1 Å². The second-order valence-electron chi connectivity index (χ2n) is 7.50. The molecular weight excluding hydrogens is 410 g/mol. The van der Waals surface area contributed by atoms with Gasteiger partial charge >= 0.3 is 5.97 Å². The fraction of sp³-hybridized carbons (Fsp3) is 0.250. The van der Waals surface area contributed by atoms with Crippen molar-refractivity contribution in [3.05, 3.63) is 59.8 Å². The first kappa shape index (κ1) is 21.3. The number of esters is 1. The molecule has 4 rings (SSSR count).